The van der Waals surface area contributed by atoms with Gasteiger partial charge in [-0.3, -0.25) is 24.0 Å². The molecule has 69 heavy (non-hydrogen) atoms. The fraction of sp³-hybridized carbons (Fsp3) is 0.472. The Balaban J connectivity index is 1.64. The zero-order valence-corrected chi connectivity index (χ0v) is 41.5. The lowest BCUT2D eigenvalue weighted by Crippen LogP contribution is -2.46. The molecule has 0 radical (unpaired) electrons. The Hall–Kier alpha value is -6.54. The van der Waals surface area contributed by atoms with E-state index in [0.717, 1.165) is 11.1 Å². The number of fused-ring (bicyclic) bond motifs is 5. The molecule has 368 valence electrons. The molecule has 4 bridgehead atoms. The van der Waals surface area contributed by atoms with Crippen LogP contribution in [0.1, 0.15) is 110 Å². The standard InChI is InChI=1S/C53H68N8O8/c1-30-23-44(64)48(61(8)52(66)36(16-18-55)28-43(63)47-32(3)58-50(59-33(47)4)35-12-14-38(15-13-35)53(5,6)7)37-27-40(49(67-9)46(29-37)69-22-20-57)39-24-34(26-45(31(39)2)68-21-19-56)25-41(60-51(30)65)42(62)11-10-17-54/h12-15,24,26-27,29-30,36,41,48H,10-11,16,18-23,25,28,55-57H2,1-9H3,(H,60,65)/t30-,36-,41+,48+/m1/s1. The van der Waals surface area contributed by atoms with Gasteiger partial charge in [0.2, 0.25) is 11.8 Å². The highest BCUT2D eigenvalue weighted by molar-refractivity contribution is 6.01. The van der Waals surface area contributed by atoms with Gasteiger partial charge in [-0.05, 0) is 91.6 Å². The van der Waals surface area contributed by atoms with Crippen molar-refractivity contribution in [3.8, 4) is 45.8 Å². The Bertz CT molecular complexity index is 2560. The molecule has 1 aromatic heterocycles. The summed E-state index contributed by atoms with van der Waals surface area (Å²) in [6, 6.07) is 14.6. The van der Waals surface area contributed by atoms with Gasteiger partial charge in [0.1, 0.15) is 25.0 Å². The fourth-order valence-electron chi connectivity index (χ4n) is 8.83. The maximum atomic E-state index is 15.0. The topological polar surface area (TPSA) is 256 Å². The first-order chi connectivity index (χ1) is 32.8. The number of aryl methyl sites for hydroxylation is 2. The van der Waals surface area contributed by atoms with Crippen LogP contribution in [-0.2, 0) is 31.0 Å². The quantitative estimate of drug-likeness (QED) is 0.0840. The maximum absolute atomic E-state index is 15.0. The molecular formula is C53H68N8O8. The molecule has 0 saturated carbocycles. The third-order valence-electron chi connectivity index (χ3n) is 12.5. The third kappa shape index (κ3) is 12.8. The number of hydrogen-bond acceptors (Lipinski definition) is 14. The second-order valence-corrected chi connectivity index (χ2v) is 18.8. The second kappa shape index (κ2) is 23.7. The molecular weight excluding hydrogens is 877 g/mol. The van der Waals surface area contributed by atoms with Crippen LogP contribution in [0, 0.1) is 43.9 Å². The smallest absolute Gasteiger partial charge is 0.226 e. The van der Waals surface area contributed by atoms with E-state index in [1.807, 2.05) is 43.3 Å². The van der Waals surface area contributed by atoms with Gasteiger partial charge in [0, 0.05) is 68.8 Å². The maximum Gasteiger partial charge on any atom is 0.226 e. The lowest BCUT2D eigenvalue weighted by molar-refractivity contribution is -0.142. The average molecular weight is 945 g/mol. The highest BCUT2D eigenvalue weighted by Crippen LogP contribution is 2.45. The number of carbonyl (C=O) groups is 5. The van der Waals surface area contributed by atoms with Crippen LogP contribution >= 0.6 is 0 Å². The lowest BCUT2D eigenvalue weighted by atomic mass is 9.86. The van der Waals surface area contributed by atoms with Gasteiger partial charge in [0.05, 0.1) is 36.2 Å². The van der Waals surface area contributed by atoms with Crippen LogP contribution in [0.15, 0.2) is 48.5 Å². The molecule has 16 nitrogen and oxygen atoms in total. The minimum absolute atomic E-state index is 0.0380. The van der Waals surface area contributed by atoms with Gasteiger partial charge in [-0.15, -0.1) is 0 Å². The molecule has 3 aromatic carbocycles. The first-order valence-electron chi connectivity index (χ1n) is 23.5. The Morgan fingerprint density at radius 2 is 1.54 bits per heavy atom. The van der Waals surface area contributed by atoms with Gasteiger partial charge in [-0.2, -0.15) is 5.26 Å². The minimum atomic E-state index is -1.32. The van der Waals surface area contributed by atoms with Gasteiger partial charge < -0.3 is 41.6 Å². The highest BCUT2D eigenvalue weighted by Gasteiger charge is 2.37. The van der Waals surface area contributed by atoms with E-state index in [4.69, 9.17) is 41.4 Å². The predicted octanol–water partition coefficient (Wildman–Crippen LogP) is 5.96. The summed E-state index contributed by atoms with van der Waals surface area (Å²) in [4.78, 5) is 82.7. The number of methoxy groups -OCH3 is 1. The Labute approximate surface area is 405 Å². The number of carbonyl (C=O) groups excluding carboxylic acids is 5. The summed E-state index contributed by atoms with van der Waals surface area (Å²) >= 11 is 0. The summed E-state index contributed by atoms with van der Waals surface area (Å²) in [6.45, 7) is 14.0. The largest absolute Gasteiger partial charge is 0.492 e. The number of amides is 2. The summed E-state index contributed by atoms with van der Waals surface area (Å²) in [5.74, 6) is -2.77. The van der Waals surface area contributed by atoms with Crippen LogP contribution in [0.3, 0.4) is 0 Å². The Kier molecular flexibility index (Phi) is 18.3. The molecule has 0 unspecified atom stereocenters. The first kappa shape index (κ1) is 53.4. The van der Waals surface area contributed by atoms with Crippen LogP contribution in [0.2, 0.25) is 0 Å². The van der Waals surface area contributed by atoms with Crippen LogP contribution < -0.4 is 36.7 Å². The van der Waals surface area contributed by atoms with Crippen molar-refractivity contribution in [3.05, 3.63) is 87.7 Å². The van der Waals surface area contributed by atoms with E-state index in [1.54, 1.807) is 39.0 Å². The van der Waals surface area contributed by atoms with Crippen molar-refractivity contribution >= 4 is 29.2 Å². The van der Waals surface area contributed by atoms with Crippen LogP contribution in [0.25, 0.3) is 22.5 Å². The summed E-state index contributed by atoms with van der Waals surface area (Å²) in [5, 5.41) is 12.2. The number of nitrogens with zero attached hydrogens (tertiary/aromatic N) is 4. The van der Waals surface area contributed by atoms with Crippen LogP contribution in [0.5, 0.6) is 17.2 Å². The zero-order valence-electron chi connectivity index (χ0n) is 41.5. The minimum Gasteiger partial charge on any atom is -0.492 e. The van der Waals surface area contributed by atoms with E-state index in [-0.39, 0.29) is 94.1 Å². The van der Waals surface area contributed by atoms with Crippen molar-refractivity contribution in [2.24, 2.45) is 29.0 Å². The van der Waals surface area contributed by atoms with Crippen molar-refractivity contribution in [2.45, 2.75) is 104 Å². The number of ether oxygens (including phenoxy) is 3. The monoisotopic (exact) mass is 945 g/mol. The SMILES string of the molecule is COc1c(OCCN)cc2cc1-c1cc(cc(OCCN)c1C)C[C@@H](C(=O)CCC#N)NC(=O)[C@H](C)CC(=O)[C@H]2N(C)C(=O)[C@H](CCN)CC(=O)c1c(C)nc(-c2ccc(C(C)(C)C)cc2)nc1C. The number of aromatic nitrogens is 2. The Morgan fingerprint density at radius 3 is 2.12 bits per heavy atom. The first-order valence-corrected chi connectivity index (χ1v) is 23.5. The molecule has 1 aliphatic rings. The van der Waals surface area contributed by atoms with E-state index in [9.17, 15) is 29.2 Å². The van der Waals surface area contributed by atoms with Crippen molar-refractivity contribution in [2.75, 3.05) is 47.0 Å². The van der Waals surface area contributed by atoms with Crippen LogP contribution in [-0.4, -0.2) is 97.1 Å². The summed E-state index contributed by atoms with van der Waals surface area (Å²) in [5.41, 5.74) is 23.7. The molecule has 0 aliphatic carbocycles. The average Bonchev–Trinajstić information content (AvgIpc) is 3.30. The van der Waals surface area contributed by atoms with E-state index < -0.39 is 41.5 Å². The second-order valence-electron chi connectivity index (χ2n) is 18.8. The fourth-order valence-corrected chi connectivity index (χ4v) is 8.83. The number of hydrogen-bond donors (Lipinski definition) is 4. The van der Waals surface area contributed by atoms with E-state index in [0.29, 0.717) is 62.1 Å². The molecule has 2 heterocycles. The third-order valence-corrected chi connectivity index (χ3v) is 12.5. The normalized spacial score (nSPS) is 16.7. The molecule has 0 saturated heterocycles. The van der Waals surface area contributed by atoms with Crippen molar-refractivity contribution in [1.29, 1.82) is 5.26 Å². The number of nitrogens with two attached hydrogens (primary N) is 3. The van der Waals surface area contributed by atoms with Crippen molar-refractivity contribution in [1.82, 2.24) is 20.2 Å². The van der Waals surface area contributed by atoms with Crippen molar-refractivity contribution in [3.63, 3.8) is 0 Å². The molecule has 1 aliphatic heterocycles. The van der Waals surface area contributed by atoms with Gasteiger partial charge in [0.25, 0.3) is 0 Å². The molecule has 0 spiro atoms. The van der Waals surface area contributed by atoms with Gasteiger partial charge >= 0.3 is 0 Å². The molecule has 0 fully saturated rings. The van der Waals surface area contributed by atoms with Gasteiger partial charge in [-0.1, -0.05) is 58.0 Å². The molecule has 7 N–H and O–H groups in total. The number of ketones is 3. The number of nitriles is 1. The molecule has 4 aromatic rings. The van der Waals surface area contributed by atoms with Crippen LogP contribution in [0.4, 0.5) is 0 Å². The van der Waals surface area contributed by atoms with Gasteiger partial charge in [-0.25, -0.2) is 9.97 Å². The number of benzene rings is 3. The number of rotatable bonds is 18. The number of nitrogens with one attached hydrogen (secondary N) is 1. The van der Waals surface area contributed by atoms with E-state index in [1.165, 1.54) is 19.1 Å². The number of Topliss-reactive ketones (excluding diaryl/α,β-unsaturated/α-hetero) is 3. The summed E-state index contributed by atoms with van der Waals surface area (Å²) in [6.07, 6.45) is -0.581. The predicted molar refractivity (Wildman–Crippen MR) is 264 cm³/mol. The molecule has 4 atom stereocenters. The molecule has 2 amide bonds. The Morgan fingerprint density at radius 1 is 0.899 bits per heavy atom. The zero-order chi connectivity index (χ0) is 50.7. The summed E-state index contributed by atoms with van der Waals surface area (Å²) in [7, 11) is 2.97. The van der Waals surface area contributed by atoms with Gasteiger partial charge in [0.15, 0.2) is 34.7 Å². The summed E-state index contributed by atoms with van der Waals surface area (Å²) < 4.78 is 18.4. The highest BCUT2D eigenvalue weighted by atomic mass is 16.5. The van der Waals surface area contributed by atoms with E-state index in [2.05, 4.69) is 26.1 Å². The molecule has 16 heteroatoms. The lowest BCUT2D eigenvalue weighted by Gasteiger charge is -2.32. The molecule has 5 rings (SSSR count). The van der Waals surface area contributed by atoms with E-state index >= 15 is 0 Å². The van der Waals surface area contributed by atoms with Crippen molar-refractivity contribution < 1.29 is 38.2 Å². The number of likely N-dealkylation sites (N-methyl/N-ethyl adjacent to an activating group) is 1.